The molecule has 0 aliphatic carbocycles. The molecule has 0 unspecified atom stereocenters. The summed E-state index contributed by atoms with van der Waals surface area (Å²) in [6.07, 6.45) is 1.75. The van der Waals surface area contributed by atoms with Crippen molar-refractivity contribution in [3.8, 4) is 6.07 Å². The lowest BCUT2D eigenvalue weighted by Crippen LogP contribution is -2.32. The highest BCUT2D eigenvalue weighted by molar-refractivity contribution is 7.89. The minimum absolute atomic E-state index is 0.138. The molecule has 1 aliphatic heterocycles. The zero-order chi connectivity index (χ0) is 13.7. The molecule has 102 valence electrons. The maximum absolute atomic E-state index is 12.1. The van der Waals surface area contributed by atoms with E-state index < -0.39 is 10.0 Å². The largest absolute Gasteiger partial charge is 0.381 e. The van der Waals surface area contributed by atoms with Gasteiger partial charge in [0.1, 0.15) is 0 Å². The minimum atomic E-state index is -3.53. The maximum atomic E-state index is 12.1. The lowest BCUT2D eigenvalue weighted by Gasteiger charge is -2.22. The van der Waals surface area contributed by atoms with E-state index in [1.54, 1.807) is 12.1 Å². The first kappa shape index (κ1) is 14.0. The highest BCUT2D eigenvalue weighted by atomic mass is 32.2. The fourth-order valence-corrected chi connectivity index (χ4v) is 3.16. The summed E-state index contributed by atoms with van der Waals surface area (Å²) in [6.45, 7) is 1.80. The molecule has 1 saturated heterocycles. The van der Waals surface area contributed by atoms with Crippen LogP contribution in [0.2, 0.25) is 0 Å². The molecule has 0 radical (unpaired) electrons. The molecular formula is C13H16N2O3S. The van der Waals surface area contributed by atoms with Crippen molar-refractivity contribution in [2.24, 2.45) is 5.92 Å². The van der Waals surface area contributed by atoms with Crippen LogP contribution in [0, 0.1) is 17.2 Å². The van der Waals surface area contributed by atoms with E-state index >= 15 is 0 Å². The van der Waals surface area contributed by atoms with Gasteiger partial charge in [-0.1, -0.05) is 6.07 Å². The Balaban J connectivity index is 2.03. The highest BCUT2D eigenvalue weighted by Crippen LogP contribution is 2.15. The first-order chi connectivity index (χ1) is 9.12. The molecule has 1 aromatic carbocycles. The number of nitriles is 1. The summed E-state index contributed by atoms with van der Waals surface area (Å²) < 4.78 is 32.0. The summed E-state index contributed by atoms with van der Waals surface area (Å²) in [4.78, 5) is 0.138. The smallest absolute Gasteiger partial charge is 0.240 e. The van der Waals surface area contributed by atoms with Gasteiger partial charge in [0.2, 0.25) is 10.0 Å². The average Bonchev–Trinajstić information content (AvgIpc) is 2.46. The summed E-state index contributed by atoms with van der Waals surface area (Å²) in [7, 11) is -3.53. The number of rotatable bonds is 4. The Hall–Kier alpha value is -1.42. The van der Waals surface area contributed by atoms with Gasteiger partial charge >= 0.3 is 0 Å². The predicted octanol–water partition coefficient (Wildman–Crippen LogP) is 1.26. The van der Waals surface area contributed by atoms with E-state index in [0.717, 1.165) is 12.8 Å². The van der Waals surface area contributed by atoms with Gasteiger partial charge in [0, 0.05) is 19.8 Å². The molecule has 0 aromatic heterocycles. The third kappa shape index (κ3) is 3.77. The Bertz CT molecular complexity index is 572. The number of ether oxygens (including phenoxy) is 1. The molecule has 6 heteroatoms. The van der Waals surface area contributed by atoms with Crippen LogP contribution in [0.15, 0.2) is 29.2 Å². The van der Waals surface area contributed by atoms with Crippen LogP contribution in [0.5, 0.6) is 0 Å². The van der Waals surface area contributed by atoms with Gasteiger partial charge in [-0.25, -0.2) is 13.1 Å². The van der Waals surface area contributed by atoms with Crippen LogP contribution in [0.3, 0.4) is 0 Å². The van der Waals surface area contributed by atoms with Gasteiger partial charge in [-0.3, -0.25) is 0 Å². The van der Waals surface area contributed by atoms with Crippen molar-refractivity contribution in [2.45, 2.75) is 17.7 Å². The Morgan fingerprint density at radius 1 is 1.37 bits per heavy atom. The van der Waals surface area contributed by atoms with Crippen molar-refractivity contribution in [3.05, 3.63) is 29.8 Å². The molecule has 1 aliphatic rings. The molecule has 1 fully saturated rings. The van der Waals surface area contributed by atoms with Crippen molar-refractivity contribution in [1.29, 1.82) is 5.26 Å². The Kier molecular flexibility index (Phi) is 4.53. The fraction of sp³-hybridized carbons (Fsp3) is 0.462. The molecule has 19 heavy (non-hydrogen) atoms. The second-order valence-electron chi connectivity index (χ2n) is 4.55. The molecule has 0 atom stereocenters. The van der Waals surface area contributed by atoms with Crippen LogP contribution in [0.1, 0.15) is 18.4 Å². The van der Waals surface area contributed by atoms with Gasteiger partial charge in [0.15, 0.2) is 0 Å². The topological polar surface area (TPSA) is 79.2 Å². The molecule has 1 heterocycles. The van der Waals surface area contributed by atoms with Crippen molar-refractivity contribution in [3.63, 3.8) is 0 Å². The summed E-state index contributed by atoms with van der Waals surface area (Å²) in [6, 6.07) is 7.96. The molecule has 1 N–H and O–H groups in total. The minimum Gasteiger partial charge on any atom is -0.381 e. The third-order valence-electron chi connectivity index (χ3n) is 3.18. The first-order valence-corrected chi connectivity index (χ1v) is 7.68. The van der Waals surface area contributed by atoms with Crippen LogP contribution >= 0.6 is 0 Å². The molecule has 2 rings (SSSR count). The summed E-state index contributed by atoms with van der Waals surface area (Å²) >= 11 is 0. The van der Waals surface area contributed by atoms with Gasteiger partial charge in [-0.15, -0.1) is 0 Å². The molecule has 0 bridgehead atoms. The van der Waals surface area contributed by atoms with Crippen molar-refractivity contribution >= 4 is 10.0 Å². The standard InChI is InChI=1S/C13H16N2O3S/c14-9-12-2-1-3-13(8-12)19(16,17)15-10-11-4-6-18-7-5-11/h1-3,8,11,15H,4-7,10H2. The van der Waals surface area contributed by atoms with Crippen molar-refractivity contribution in [1.82, 2.24) is 4.72 Å². The zero-order valence-corrected chi connectivity index (χ0v) is 11.3. The van der Waals surface area contributed by atoms with Gasteiger partial charge in [0.25, 0.3) is 0 Å². The Morgan fingerprint density at radius 2 is 2.11 bits per heavy atom. The second kappa shape index (κ2) is 6.15. The number of sulfonamides is 1. The van der Waals surface area contributed by atoms with Gasteiger partial charge in [-0.05, 0) is 37.0 Å². The summed E-state index contributed by atoms with van der Waals surface area (Å²) in [5.41, 5.74) is 0.342. The summed E-state index contributed by atoms with van der Waals surface area (Å²) in [5.74, 6) is 0.322. The van der Waals surface area contributed by atoms with E-state index in [9.17, 15) is 8.42 Å². The number of nitrogens with zero attached hydrogens (tertiary/aromatic N) is 1. The lowest BCUT2D eigenvalue weighted by molar-refractivity contribution is 0.0678. The van der Waals surface area contributed by atoms with Gasteiger partial charge in [0.05, 0.1) is 16.5 Å². The molecule has 1 aromatic rings. The van der Waals surface area contributed by atoms with E-state index in [0.29, 0.717) is 31.2 Å². The highest BCUT2D eigenvalue weighted by Gasteiger charge is 2.19. The Labute approximate surface area is 113 Å². The predicted molar refractivity (Wildman–Crippen MR) is 69.9 cm³/mol. The van der Waals surface area contributed by atoms with Crippen LogP contribution in [-0.4, -0.2) is 28.2 Å². The zero-order valence-electron chi connectivity index (χ0n) is 10.5. The van der Waals surface area contributed by atoms with Crippen LogP contribution in [0.25, 0.3) is 0 Å². The van der Waals surface area contributed by atoms with Crippen molar-refractivity contribution in [2.75, 3.05) is 19.8 Å². The molecule has 0 saturated carbocycles. The summed E-state index contributed by atoms with van der Waals surface area (Å²) in [5, 5.41) is 8.78. The number of nitrogens with one attached hydrogen (secondary N) is 1. The van der Waals surface area contributed by atoms with Crippen LogP contribution in [-0.2, 0) is 14.8 Å². The monoisotopic (exact) mass is 280 g/mol. The van der Waals surface area contributed by atoms with E-state index in [2.05, 4.69) is 4.72 Å². The molecule has 5 nitrogen and oxygen atoms in total. The molecule has 0 spiro atoms. The number of benzene rings is 1. The van der Waals surface area contributed by atoms with Gasteiger partial charge in [-0.2, -0.15) is 5.26 Å². The lowest BCUT2D eigenvalue weighted by atomic mass is 10.0. The second-order valence-corrected chi connectivity index (χ2v) is 6.31. The van der Waals surface area contributed by atoms with E-state index in [4.69, 9.17) is 10.00 Å². The van der Waals surface area contributed by atoms with Crippen LogP contribution in [0.4, 0.5) is 0 Å². The fourth-order valence-electron chi connectivity index (χ4n) is 1.99. The van der Waals surface area contributed by atoms with Gasteiger partial charge < -0.3 is 4.74 Å². The quantitative estimate of drug-likeness (QED) is 0.900. The van der Waals surface area contributed by atoms with Crippen LogP contribution < -0.4 is 4.72 Å². The molecular weight excluding hydrogens is 264 g/mol. The number of hydrogen-bond acceptors (Lipinski definition) is 4. The third-order valence-corrected chi connectivity index (χ3v) is 4.60. The maximum Gasteiger partial charge on any atom is 0.240 e. The normalized spacial score (nSPS) is 17.0. The van der Waals surface area contributed by atoms with E-state index in [-0.39, 0.29) is 4.90 Å². The van der Waals surface area contributed by atoms with Crippen molar-refractivity contribution < 1.29 is 13.2 Å². The van der Waals surface area contributed by atoms with E-state index in [1.807, 2.05) is 6.07 Å². The molecule has 0 amide bonds. The number of hydrogen-bond donors (Lipinski definition) is 1. The van der Waals surface area contributed by atoms with E-state index in [1.165, 1.54) is 12.1 Å². The average molecular weight is 280 g/mol. The Morgan fingerprint density at radius 3 is 2.79 bits per heavy atom. The first-order valence-electron chi connectivity index (χ1n) is 6.19. The SMILES string of the molecule is N#Cc1cccc(S(=O)(=O)NCC2CCOCC2)c1.